The molecule has 0 bridgehead atoms. The van der Waals surface area contributed by atoms with Gasteiger partial charge in [0, 0.05) is 16.5 Å². The van der Waals surface area contributed by atoms with Crippen LogP contribution in [0.25, 0.3) is 0 Å². The number of hydrogen-bond acceptors (Lipinski definition) is 2. The van der Waals surface area contributed by atoms with E-state index < -0.39 is 0 Å². The lowest BCUT2D eigenvalue weighted by molar-refractivity contribution is 0.578. The highest BCUT2D eigenvalue weighted by atomic mass is 32.2. The van der Waals surface area contributed by atoms with Crippen LogP contribution in [0.15, 0.2) is 0 Å². The van der Waals surface area contributed by atoms with E-state index >= 15 is 0 Å². The van der Waals surface area contributed by atoms with Crippen LogP contribution in [0.2, 0.25) is 0 Å². The monoisotopic (exact) mass is 217 g/mol. The standard InChI is InChI=1S/C12H27NS/c1-5-6-7-8-9-11(13)10-14-12(2,3)4/h11H,5-10,13H2,1-4H3. The summed E-state index contributed by atoms with van der Waals surface area (Å²) < 4.78 is 0.362. The Bertz CT molecular complexity index is 129. The van der Waals surface area contributed by atoms with Crippen molar-refractivity contribution in [2.45, 2.75) is 70.6 Å². The summed E-state index contributed by atoms with van der Waals surface area (Å²) >= 11 is 1.98. The predicted octanol–water partition coefficient (Wildman–Crippen LogP) is 3.82. The maximum Gasteiger partial charge on any atom is 0.0130 e. The van der Waals surface area contributed by atoms with Crippen LogP contribution >= 0.6 is 11.8 Å². The molecule has 86 valence electrons. The lowest BCUT2D eigenvalue weighted by Crippen LogP contribution is -2.25. The van der Waals surface area contributed by atoms with Gasteiger partial charge in [0.1, 0.15) is 0 Å². The first-order valence-corrected chi connectivity index (χ1v) is 6.84. The first-order valence-electron chi connectivity index (χ1n) is 5.85. The molecule has 0 saturated heterocycles. The second-order valence-electron chi connectivity index (χ2n) is 5.03. The lowest BCUT2D eigenvalue weighted by atomic mass is 10.1. The number of thioether (sulfide) groups is 1. The normalized spacial score (nSPS) is 14.4. The molecule has 0 aliphatic carbocycles. The van der Waals surface area contributed by atoms with Gasteiger partial charge in [-0.15, -0.1) is 0 Å². The van der Waals surface area contributed by atoms with Crippen molar-refractivity contribution in [3.05, 3.63) is 0 Å². The van der Waals surface area contributed by atoms with E-state index in [2.05, 4.69) is 27.7 Å². The molecule has 0 heterocycles. The highest BCUT2D eigenvalue weighted by Crippen LogP contribution is 2.24. The SMILES string of the molecule is CCCCCCC(N)CSC(C)(C)C. The zero-order valence-electron chi connectivity index (χ0n) is 10.3. The zero-order valence-corrected chi connectivity index (χ0v) is 11.1. The summed E-state index contributed by atoms with van der Waals surface area (Å²) in [6, 6.07) is 0.399. The molecule has 0 spiro atoms. The number of hydrogen-bond donors (Lipinski definition) is 1. The van der Waals surface area contributed by atoms with Gasteiger partial charge in [-0.1, -0.05) is 53.4 Å². The third kappa shape index (κ3) is 10.4. The molecule has 0 saturated carbocycles. The molecular weight excluding hydrogens is 190 g/mol. The minimum Gasteiger partial charge on any atom is -0.327 e. The van der Waals surface area contributed by atoms with E-state index in [1.807, 2.05) is 11.8 Å². The average Bonchev–Trinajstić information content (AvgIpc) is 2.08. The topological polar surface area (TPSA) is 26.0 Å². The summed E-state index contributed by atoms with van der Waals surface area (Å²) in [5, 5.41) is 0. The fourth-order valence-electron chi connectivity index (χ4n) is 1.27. The van der Waals surface area contributed by atoms with Crippen LogP contribution in [0.3, 0.4) is 0 Å². The van der Waals surface area contributed by atoms with E-state index in [0.717, 1.165) is 5.75 Å². The van der Waals surface area contributed by atoms with Gasteiger partial charge in [-0.05, 0) is 6.42 Å². The van der Waals surface area contributed by atoms with Crippen molar-refractivity contribution in [1.82, 2.24) is 0 Å². The molecule has 0 fully saturated rings. The molecule has 1 nitrogen and oxygen atoms in total. The second kappa shape index (κ2) is 7.58. The minimum atomic E-state index is 0.362. The fourth-order valence-corrected chi connectivity index (χ4v) is 2.15. The van der Waals surface area contributed by atoms with E-state index in [0.29, 0.717) is 10.8 Å². The number of rotatable bonds is 7. The third-order valence-electron chi connectivity index (χ3n) is 2.16. The maximum atomic E-state index is 6.04. The minimum absolute atomic E-state index is 0.362. The summed E-state index contributed by atoms with van der Waals surface area (Å²) in [6.07, 6.45) is 6.53. The summed E-state index contributed by atoms with van der Waals surface area (Å²) in [4.78, 5) is 0. The third-order valence-corrected chi connectivity index (χ3v) is 3.62. The van der Waals surface area contributed by atoms with Crippen molar-refractivity contribution in [1.29, 1.82) is 0 Å². The van der Waals surface area contributed by atoms with Gasteiger partial charge in [0.05, 0.1) is 0 Å². The van der Waals surface area contributed by atoms with E-state index in [9.17, 15) is 0 Å². The van der Waals surface area contributed by atoms with Gasteiger partial charge in [-0.2, -0.15) is 11.8 Å². The van der Waals surface area contributed by atoms with Gasteiger partial charge in [-0.25, -0.2) is 0 Å². The molecule has 2 heteroatoms. The molecule has 0 aromatic heterocycles. The molecule has 2 N–H and O–H groups in total. The molecule has 0 amide bonds. The fraction of sp³-hybridized carbons (Fsp3) is 1.00. The van der Waals surface area contributed by atoms with Crippen molar-refractivity contribution in [2.24, 2.45) is 5.73 Å². The Morgan fingerprint density at radius 2 is 1.79 bits per heavy atom. The highest BCUT2D eigenvalue weighted by molar-refractivity contribution is 8.00. The van der Waals surface area contributed by atoms with Gasteiger partial charge in [0.2, 0.25) is 0 Å². The molecule has 0 rings (SSSR count). The lowest BCUT2D eigenvalue weighted by Gasteiger charge is -2.20. The molecule has 1 atom stereocenters. The number of nitrogens with two attached hydrogens (primary N) is 1. The maximum absolute atomic E-state index is 6.04. The molecule has 1 unspecified atom stereocenters. The summed E-state index contributed by atoms with van der Waals surface area (Å²) in [6.45, 7) is 9.00. The van der Waals surface area contributed by atoms with E-state index in [4.69, 9.17) is 5.73 Å². The van der Waals surface area contributed by atoms with Crippen LogP contribution in [0.1, 0.15) is 59.8 Å². The van der Waals surface area contributed by atoms with Crippen molar-refractivity contribution in [2.75, 3.05) is 5.75 Å². The smallest absolute Gasteiger partial charge is 0.0130 e. The Balaban J connectivity index is 3.32. The molecular formula is C12H27NS. The first-order chi connectivity index (χ1) is 6.45. The van der Waals surface area contributed by atoms with Crippen LogP contribution in [-0.2, 0) is 0 Å². The van der Waals surface area contributed by atoms with Gasteiger partial charge in [0.25, 0.3) is 0 Å². The van der Waals surface area contributed by atoms with Crippen molar-refractivity contribution >= 4 is 11.8 Å². The predicted molar refractivity (Wildman–Crippen MR) is 68.9 cm³/mol. The van der Waals surface area contributed by atoms with Crippen LogP contribution in [-0.4, -0.2) is 16.5 Å². The van der Waals surface area contributed by atoms with Gasteiger partial charge < -0.3 is 5.73 Å². The summed E-state index contributed by atoms with van der Waals surface area (Å²) in [5.41, 5.74) is 6.04. The van der Waals surface area contributed by atoms with Crippen LogP contribution < -0.4 is 5.73 Å². The molecule has 14 heavy (non-hydrogen) atoms. The largest absolute Gasteiger partial charge is 0.327 e. The van der Waals surface area contributed by atoms with Crippen LogP contribution in [0.5, 0.6) is 0 Å². The first kappa shape index (κ1) is 14.3. The van der Waals surface area contributed by atoms with Crippen LogP contribution in [0, 0.1) is 0 Å². The molecule has 0 aliphatic heterocycles. The average molecular weight is 217 g/mol. The van der Waals surface area contributed by atoms with E-state index in [1.165, 1.54) is 32.1 Å². The van der Waals surface area contributed by atoms with Crippen molar-refractivity contribution < 1.29 is 0 Å². The van der Waals surface area contributed by atoms with Gasteiger partial charge >= 0.3 is 0 Å². The molecule has 0 aromatic carbocycles. The summed E-state index contributed by atoms with van der Waals surface area (Å²) in [7, 11) is 0. The van der Waals surface area contributed by atoms with E-state index in [1.54, 1.807) is 0 Å². The van der Waals surface area contributed by atoms with Crippen molar-refractivity contribution in [3.8, 4) is 0 Å². The molecule has 0 aromatic rings. The molecule has 0 aliphatic rings. The zero-order chi connectivity index (χ0) is 11.0. The summed E-state index contributed by atoms with van der Waals surface area (Å²) in [5.74, 6) is 1.11. The van der Waals surface area contributed by atoms with Crippen molar-refractivity contribution in [3.63, 3.8) is 0 Å². The Hall–Kier alpha value is 0.310. The molecule has 0 radical (unpaired) electrons. The quantitative estimate of drug-likeness (QED) is 0.656. The Morgan fingerprint density at radius 1 is 1.14 bits per heavy atom. The Labute approximate surface area is 94.2 Å². The van der Waals surface area contributed by atoms with Crippen LogP contribution in [0.4, 0.5) is 0 Å². The van der Waals surface area contributed by atoms with Gasteiger partial charge in [-0.3, -0.25) is 0 Å². The van der Waals surface area contributed by atoms with E-state index in [-0.39, 0.29) is 0 Å². The Kier molecular flexibility index (Phi) is 7.75. The second-order valence-corrected chi connectivity index (χ2v) is 6.88. The highest BCUT2D eigenvalue weighted by Gasteiger charge is 2.12. The number of unbranched alkanes of at least 4 members (excludes halogenated alkanes) is 3. The Morgan fingerprint density at radius 3 is 2.29 bits per heavy atom. The van der Waals surface area contributed by atoms with Gasteiger partial charge in [0.15, 0.2) is 0 Å².